The molecule has 1 aliphatic heterocycles. The molecule has 3 rings (SSSR count). The van der Waals surface area contributed by atoms with Gasteiger partial charge in [0.1, 0.15) is 5.60 Å². The van der Waals surface area contributed by atoms with Crippen molar-refractivity contribution in [2.75, 3.05) is 13.1 Å². The molecule has 2 heterocycles. The zero-order valence-electron chi connectivity index (χ0n) is 18.2. The van der Waals surface area contributed by atoms with Crippen molar-refractivity contribution in [3.05, 3.63) is 28.5 Å². The maximum atomic E-state index is 12.9. The van der Waals surface area contributed by atoms with Gasteiger partial charge in [0, 0.05) is 25.0 Å². The molecule has 1 amide bonds. The number of rotatable bonds is 2. The van der Waals surface area contributed by atoms with Crippen LogP contribution in [0.1, 0.15) is 71.7 Å². The summed E-state index contributed by atoms with van der Waals surface area (Å²) in [6.07, 6.45) is 3.78. The first-order chi connectivity index (χ1) is 13.3. The quantitative estimate of drug-likeness (QED) is 0.738. The molecular formula is C21H32ClN3O3S. The van der Waals surface area contributed by atoms with E-state index in [-0.39, 0.29) is 22.3 Å². The standard InChI is InChI=1S/C21H32ClN3O3S/c1-19(2,3)28-18(26)25-9-7-21(8-10-25)12-16-15(11-14(22)13-23-16)17(21)24-29(27)20(4,5)6/h11,13,17,24H,7-10,12H2,1-6H3/t17?,29-/m1/s1. The highest BCUT2D eigenvalue weighted by molar-refractivity contribution is 7.84. The molecule has 1 N–H and O–H groups in total. The normalized spacial score (nSPS) is 22.4. The van der Waals surface area contributed by atoms with Gasteiger partial charge in [-0.1, -0.05) is 11.6 Å². The van der Waals surface area contributed by atoms with Crippen LogP contribution in [0.5, 0.6) is 0 Å². The molecule has 162 valence electrons. The first-order valence-corrected chi connectivity index (χ1v) is 11.6. The van der Waals surface area contributed by atoms with Crippen LogP contribution in [0.3, 0.4) is 0 Å². The molecule has 0 bridgehead atoms. The highest BCUT2D eigenvalue weighted by Gasteiger charge is 2.50. The number of carbonyl (C=O) groups is 1. The average molecular weight is 442 g/mol. The average Bonchev–Trinajstić information content (AvgIpc) is 2.86. The van der Waals surface area contributed by atoms with Crippen molar-refractivity contribution >= 4 is 28.7 Å². The molecule has 0 aromatic carbocycles. The maximum Gasteiger partial charge on any atom is 0.410 e. The first kappa shape index (κ1) is 22.5. The number of nitrogens with one attached hydrogen (secondary N) is 1. The van der Waals surface area contributed by atoms with Gasteiger partial charge in [-0.15, -0.1) is 0 Å². The van der Waals surface area contributed by atoms with Crippen LogP contribution < -0.4 is 4.72 Å². The molecule has 1 spiro atoms. The Labute approximate surface area is 181 Å². The van der Waals surface area contributed by atoms with Crippen LogP contribution in [-0.4, -0.2) is 43.6 Å². The molecule has 8 heteroatoms. The number of amides is 1. The van der Waals surface area contributed by atoms with Crippen molar-refractivity contribution in [3.8, 4) is 0 Å². The number of nitrogens with zero attached hydrogens (tertiary/aromatic N) is 2. The third-order valence-corrected chi connectivity index (χ3v) is 7.37. The van der Waals surface area contributed by atoms with Crippen LogP contribution in [0.25, 0.3) is 0 Å². The van der Waals surface area contributed by atoms with Crippen molar-refractivity contribution in [3.63, 3.8) is 0 Å². The molecule has 1 unspecified atom stereocenters. The zero-order valence-corrected chi connectivity index (χ0v) is 19.7. The second-order valence-electron chi connectivity index (χ2n) is 10.1. The van der Waals surface area contributed by atoms with Gasteiger partial charge < -0.3 is 9.64 Å². The van der Waals surface area contributed by atoms with E-state index in [1.807, 2.05) is 47.6 Å². The predicted octanol–water partition coefficient (Wildman–Crippen LogP) is 4.40. The summed E-state index contributed by atoms with van der Waals surface area (Å²) in [6.45, 7) is 12.7. The summed E-state index contributed by atoms with van der Waals surface area (Å²) >= 11 is 6.23. The Hall–Kier alpha value is -1.18. The maximum absolute atomic E-state index is 12.9. The van der Waals surface area contributed by atoms with Crippen LogP contribution in [0, 0.1) is 5.41 Å². The van der Waals surface area contributed by atoms with E-state index in [2.05, 4.69) is 9.71 Å². The van der Waals surface area contributed by atoms with Gasteiger partial charge in [0.2, 0.25) is 0 Å². The molecule has 1 fully saturated rings. The van der Waals surface area contributed by atoms with Gasteiger partial charge >= 0.3 is 6.09 Å². The molecule has 0 radical (unpaired) electrons. The van der Waals surface area contributed by atoms with Crippen LogP contribution in [0.15, 0.2) is 12.3 Å². The second kappa shape index (κ2) is 7.82. The largest absolute Gasteiger partial charge is 0.444 e. The lowest BCUT2D eigenvalue weighted by Gasteiger charge is -2.43. The summed E-state index contributed by atoms with van der Waals surface area (Å²) in [6, 6.07) is 1.83. The number of fused-ring (bicyclic) bond motifs is 1. The van der Waals surface area contributed by atoms with Crippen LogP contribution in [0.4, 0.5) is 4.79 Å². The van der Waals surface area contributed by atoms with Gasteiger partial charge in [-0.05, 0) is 77.8 Å². The first-order valence-electron chi connectivity index (χ1n) is 10.1. The Bertz CT molecular complexity index is 808. The lowest BCUT2D eigenvalue weighted by molar-refractivity contribution is 0.00719. The van der Waals surface area contributed by atoms with Crippen LogP contribution in [0.2, 0.25) is 5.02 Å². The summed E-state index contributed by atoms with van der Waals surface area (Å²) in [5.74, 6) is 0. The summed E-state index contributed by atoms with van der Waals surface area (Å²) in [5.41, 5.74) is 1.38. The van der Waals surface area contributed by atoms with Crippen LogP contribution in [-0.2, 0) is 22.1 Å². The van der Waals surface area contributed by atoms with E-state index >= 15 is 0 Å². The Balaban J connectivity index is 1.82. The van der Waals surface area contributed by atoms with Gasteiger partial charge in [0.15, 0.2) is 0 Å². The molecule has 6 nitrogen and oxygen atoms in total. The highest BCUT2D eigenvalue weighted by Crippen LogP contribution is 2.52. The molecule has 29 heavy (non-hydrogen) atoms. The summed E-state index contributed by atoms with van der Waals surface area (Å²) in [7, 11) is -1.23. The van der Waals surface area contributed by atoms with Gasteiger partial charge in [-0.3, -0.25) is 4.98 Å². The molecule has 1 aromatic heterocycles. The number of carbonyl (C=O) groups excluding carboxylic acids is 1. The highest BCUT2D eigenvalue weighted by atomic mass is 35.5. The number of hydrogen-bond acceptors (Lipinski definition) is 4. The minimum absolute atomic E-state index is 0.107. The lowest BCUT2D eigenvalue weighted by Crippen LogP contribution is -2.49. The van der Waals surface area contributed by atoms with Crippen molar-refractivity contribution in [2.24, 2.45) is 5.41 Å². The fourth-order valence-corrected chi connectivity index (χ4v) is 5.16. The third kappa shape index (κ3) is 4.94. The number of likely N-dealkylation sites (tertiary alicyclic amines) is 1. The Morgan fingerprint density at radius 3 is 2.45 bits per heavy atom. The van der Waals surface area contributed by atoms with Crippen molar-refractivity contribution in [2.45, 2.75) is 77.2 Å². The molecule has 1 saturated heterocycles. The molecule has 2 atom stereocenters. The van der Waals surface area contributed by atoms with E-state index < -0.39 is 16.6 Å². The molecular weight excluding hydrogens is 410 g/mol. The smallest absolute Gasteiger partial charge is 0.410 e. The molecule has 1 aromatic rings. The van der Waals surface area contributed by atoms with Crippen molar-refractivity contribution < 1.29 is 13.7 Å². The minimum atomic E-state index is -1.23. The summed E-state index contributed by atoms with van der Waals surface area (Å²) in [5, 5.41) is 0.584. The van der Waals surface area contributed by atoms with E-state index in [9.17, 15) is 9.00 Å². The van der Waals surface area contributed by atoms with E-state index in [0.717, 1.165) is 30.5 Å². The number of hydrogen-bond donors (Lipinski definition) is 1. The monoisotopic (exact) mass is 441 g/mol. The van der Waals surface area contributed by atoms with Crippen molar-refractivity contribution in [1.82, 2.24) is 14.6 Å². The molecule has 2 aliphatic rings. The van der Waals surface area contributed by atoms with Gasteiger partial charge in [-0.25, -0.2) is 13.7 Å². The Kier molecular flexibility index (Phi) is 6.07. The number of pyridine rings is 1. The Morgan fingerprint density at radius 2 is 1.90 bits per heavy atom. The molecule has 0 saturated carbocycles. The fourth-order valence-electron chi connectivity index (χ4n) is 4.05. The third-order valence-electron chi connectivity index (χ3n) is 5.61. The van der Waals surface area contributed by atoms with E-state index in [4.69, 9.17) is 16.3 Å². The van der Waals surface area contributed by atoms with E-state index in [1.54, 1.807) is 11.1 Å². The van der Waals surface area contributed by atoms with Gasteiger partial charge in [0.25, 0.3) is 0 Å². The number of piperidine rings is 1. The summed E-state index contributed by atoms with van der Waals surface area (Å²) < 4.78 is 21.5. The molecule has 1 aliphatic carbocycles. The topological polar surface area (TPSA) is 71.5 Å². The predicted molar refractivity (Wildman–Crippen MR) is 116 cm³/mol. The number of aromatic nitrogens is 1. The summed E-state index contributed by atoms with van der Waals surface area (Å²) in [4.78, 5) is 18.8. The van der Waals surface area contributed by atoms with Crippen LogP contribution >= 0.6 is 11.6 Å². The van der Waals surface area contributed by atoms with Crippen molar-refractivity contribution in [1.29, 1.82) is 0 Å². The SMILES string of the molecule is CC(C)(C)OC(=O)N1CCC2(CC1)Cc1ncc(Cl)cc1C2N[S@](=O)C(C)(C)C. The zero-order chi connectivity index (χ0) is 21.6. The second-order valence-corrected chi connectivity index (χ2v) is 12.6. The Morgan fingerprint density at radius 1 is 1.28 bits per heavy atom. The lowest BCUT2D eigenvalue weighted by atomic mass is 9.73. The van der Waals surface area contributed by atoms with Gasteiger partial charge in [-0.2, -0.15) is 0 Å². The number of halogens is 1. The van der Waals surface area contributed by atoms with E-state index in [0.29, 0.717) is 18.1 Å². The minimum Gasteiger partial charge on any atom is -0.444 e. The van der Waals surface area contributed by atoms with Gasteiger partial charge in [0.05, 0.1) is 26.8 Å². The van der Waals surface area contributed by atoms with E-state index in [1.165, 1.54) is 0 Å². The number of ether oxygens (including phenoxy) is 1. The fraction of sp³-hybridized carbons (Fsp3) is 0.714.